The van der Waals surface area contributed by atoms with E-state index in [2.05, 4.69) is 10.1 Å². The molecule has 1 unspecified atom stereocenters. The maximum absolute atomic E-state index is 16.6. The van der Waals surface area contributed by atoms with Crippen LogP contribution in [-0.4, -0.2) is 55.7 Å². The normalized spacial score (nSPS) is 12.3. The summed E-state index contributed by atoms with van der Waals surface area (Å²) in [6.45, 7) is 7.37. The van der Waals surface area contributed by atoms with Gasteiger partial charge in [-0.3, -0.25) is 19.3 Å². The molecule has 13 heteroatoms. The Morgan fingerprint density at radius 3 is 2.22 bits per heavy atom. The van der Waals surface area contributed by atoms with Crippen molar-refractivity contribution in [3.05, 3.63) is 58.9 Å². The molecule has 0 aromatic heterocycles. The lowest BCUT2D eigenvalue weighted by Gasteiger charge is -2.28. The van der Waals surface area contributed by atoms with Gasteiger partial charge in [0, 0.05) is 17.2 Å². The van der Waals surface area contributed by atoms with Crippen molar-refractivity contribution in [2.45, 2.75) is 84.7 Å². The highest BCUT2D eigenvalue weighted by Gasteiger charge is 2.46. The molecule has 1 N–H and O–H groups in total. The number of benzene rings is 2. The summed E-state index contributed by atoms with van der Waals surface area (Å²) in [6, 6.07) is 8.54. The summed E-state index contributed by atoms with van der Waals surface area (Å²) in [4.78, 5) is 49.5. The molecule has 2 rings (SSSR count). The Balaban J connectivity index is 2.72. The number of methoxy groups -OCH3 is 1. The fraction of sp³-hybridized carbons (Fsp3) is 0.500. The Morgan fingerprint density at radius 1 is 1.04 bits per heavy atom. The third kappa shape index (κ3) is 11.7. The number of amides is 2. The molecule has 0 aliphatic heterocycles. The monoisotopic (exact) mass is 640 g/mol. The first-order valence-electron chi connectivity index (χ1n) is 14.4. The number of hydrogen-bond donors (Lipinski definition) is 1. The van der Waals surface area contributed by atoms with E-state index < -0.39 is 59.6 Å². The highest BCUT2D eigenvalue weighted by atomic mass is 19.4. The van der Waals surface area contributed by atoms with Crippen LogP contribution in [0.2, 0.25) is 0 Å². The zero-order chi connectivity index (χ0) is 33.9. The standard InChI is InChI=1S/C32H40F4N2O7/c1-20(2)11-10-14-23(37-30(42)45-31(3,4)5)16-24-22(18-39)15-25(44-19-21-12-8-7-9-13-21)28(27(24)33)38(17-26(40)43-6)29(41)32(34,35)36/h7-9,12-13,15,18,20,23H,10-11,14,16-17,19H2,1-6H3,(H,37,42). The molecule has 0 radical (unpaired) electrons. The van der Waals surface area contributed by atoms with E-state index in [9.17, 15) is 32.3 Å². The summed E-state index contributed by atoms with van der Waals surface area (Å²) >= 11 is 0. The molecular formula is C32H40F4N2O7. The lowest BCUT2D eigenvalue weighted by molar-refractivity contribution is -0.171. The third-order valence-corrected chi connectivity index (χ3v) is 6.48. The van der Waals surface area contributed by atoms with E-state index in [0.717, 1.165) is 19.6 Å². The molecule has 0 fully saturated rings. The van der Waals surface area contributed by atoms with Gasteiger partial charge in [-0.25, -0.2) is 9.18 Å². The minimum Gasteiger partial charge on any atom is -0.487 e. The minimum atomic E-state index is -5.52. The van der Waals surface area contributed by atoms with E-state index in [0.29, 0.717) is 30.6 Å². The summed E-state index contributed by atoms with van der Waals surface area (Å²) in [5, 5.41) is 2.66. The van der Waals surface area contributed by atoms with Crippen molar-refractivity contribution in [2.75, 3.05) is 18.6 Å². The summed E-state index contributed by atoms with van der Waals surface area (Å²) < 4.78 is 73.4. The van der Waals surface area contributed by atoms with Crippen molar-refractivity contribution in [2.24, 2.45) is 5.92 Å². The van der Waals surface area contributed by atoms with Crippen LogP contribution in [0.25, 0.3) is 0 Å². The smallest absolute Gasteiger partial charge is 0.471 e. The second kappa shape index (κ2) is 16.2. The lowest BCUT2D eigenvalue weighted by Crippen LogP contribution is -2.45. The van der Waals surface area contributed by atoms with Crippen LogP contribution in [0.5, 0.6) is 5.75 Å². The number of rotatable bonds is 14. The fourth-order valence-electron chi connectivity index (χ4n) is 4.40. The van der Waals surface area contributed by atoms with Crippen LogP contribution in [0.4, 0.5) is 28.0 Å². The maximum atomic E-state index is 16.6. The van der Waals surface area contributed by atoms with E-state index in [-0.39, 0.29) is 29.1 Å². The first-order chi connectivity index (χ1) is 21.0. The van der Waals surface area contributed by atoms with Gasteiger partial charge in [0.25, 0.3) is 0 Å². The van der Waals surface area contributed by atoms with Crippen LogP contribution in [0.15, 0.2) is 36.4 Å². The van der Waals surface area contributed by atoms with E-state index in [1.807, 2.05) is 13.8 Å². The highest BCUT2D eigenvalue weighted by Crippen LogP contribution is 2.39. The van der Waals surface area contributed by atoms with E-state index in [1.165, 1.54) is 0 Å². The number of halogens is 4. The van der Waals surface area contributed by atoms with E-state index >= 15 is 4.39 Å². The average Bonchev–Trinajstić information content (AvgIpc) is 2.94. The quantitative estimate of drug-likeness (QED) is 0.142. The number of aldehydes is 1. The molecule has 1 atom stereocenters. The zero-order valence-electron chi connectivity index (χ0n) is 26.3. The number of carbonyl (C=O) groups is 4. The average molecular weight is 641 g/mol. The number of alkyl carbamates (subject to hydrolysis) is 1. The molecule has 0 spiro atoms. The molecule has 2 aromatic carbocycles. The number of nitrogens with one attached hydrogen (secondary N) is 1. The fourth-order valence-corrected chi connectivity index (χ4v) is 4.40. The molecule has 2 amide bonds. The summed E-state index contributed by atoms with van der Waals surface area (Å²) in [6.07, 6.45) is -4.74. The Bertz CT molecular complexity index is 1330. The van der Waals surface area contributed by atoms with Crippen molar-refractivity contribution in [3.63, 3.8) is 0 Å². The second-order valence-electron chi connectivity index (χ2n) is 11.8. The van der Waals surface area contributed by atoms with Gasteiger partial charge in [0.15, 0.2) is 12.1 Å². The van der Waals surface area contributed by atoms with Crippen LogP contribution in [0.1, 0.15) is 75.4 Å². The topological polar surface area (TPSA) is 111 Å². The number of alkyl halides is 3. The largest absolute Gasteiger partial charge is 0.487 e. The maximum Gasteiger partial charge on any atom is 0.471 e. The molecule has 0 saturated heterocycles. The Labute approximate surface area is 260 Å². The van der Waals surface area contributed by atoms with Crippen LogP contribution in [-0.2, 0) is 32.1 Å². The van der Waals surface area contributed by atoms with Crippen LogP contribution in [0.3, 0.4) is 0 Å². The van der Waals surface area contributed by atoms with Gasteiger partial charge in [-0.2, -0.15) is 13.2 Å². The minimum absolute atomic E-state index is 0.116. The molecule has 0 saturated carbocycles. The van der Waals surface area contributed by atoms with E-state index in [4.69, 9.17) is 9.47 Å². The van der Waals surface area contributed by atoms with Crippen molar-refractivity contribution >= 4 is 29.9 Å². The number of carbonyl (C=O) groups excluding carboxylic acids is 4. The molecule has 0 bridgehead atoms. The van der Waals surface area contributed by atoms with Crippen molar-refractivity contribution < 1.29 is 51.0 Å². The van der Waals surface area contributed by atoms with Gasteiger partial charge in [-0.1, -0.05) is 57.0 Å². The Kier molecular flexibility index (Phi) is 13.4. The second-order valence-corrected chi connectivity index (χ2v) is 11.8. The van der Waals surface area contributed by atoms with Crippen molar-refractivity contribution in [3.8, 4) is 5.75 Å². The van der Waals surface area contributed by atoms with Gasteiger partial charge >= 0.3 is 24.1 Å². The molecule has 0 aliphatic carbocycles. The van der Waals surface area contributed by atoms with Crippen LogP contribution < -0.4 is 15.0 Å². The molecule has 9 nitrogen and oxygen atoms in total. The van der Waals surface area contributed by atoms with Gasteiger partial charge in [0.05, 0.1) is 7.11 Å². The van der Waals surface area contributed by atoms with Gasteiger partial charge in [-0.05, 0) is 51.2 Å². The summed E-state index contributed by atoms with van der Waals surface area (Å²) in [7, 11) is 0.896. The molecule has 2 aromatic rings. The van der Waals surface area contributed by atoms with Gasteiger partial charge < -0.3 is 19.5 Å². The van der Waals surface area contributed by atoms with Gasteiger partial charge in [0.2, 0.25) is 0 Å². The predicted molar refractivity (Wildman–Crippen MR) is 159 cm³/mol. The number of ether oxygens (including phenoxy) is 3. The molecule has 0 aliphatic rings. The molecular weight excluding hydrogens is 600 g/mol. The van der Waals surface area contributed by atoms with Gasteiger partial charge in [0.1, 0.15) is 30.2 Å². The SMILES string of the molecule is COC(=O)CN(C(=O)C(F)(F)F)c1c(OCc2ccccc2)cc(C=O)c(CC(CCCC(C)C)NC(=O)OC(C)(C)C)c1F. The van der Waals surface area contributed by atoms with Crippen LogP contribution >= 0.6 is 0 Å². The highest BCUT2D eigenvalue weighted by molar-refractivity contribution is 6.02. The predicted octanol–water partition coefficient (Wildman–Crippen LogP) is 6.55. The third-order valence-electron chi connectivity index (χ3n) is 6.48. The first-order valence-corrected chi connectivity index (χ1v) is 14.4. The first kappa shape index (κ1) is 37.0. The Hall–Kier alpha value is -4.16. The Morgan fingerprint density at radius 2 is 1.69 bits per heavy atom. The van der Waals surface area contributed by atoms with Crippen molar-refractivity contribution in [1.82, 2.24) is 5.32 Å². The molecule has 0 heterocycles. The van der Waals surface area contributed by atoms with E-state index in [1.54, 1.807) is 51.1 Å². The molecule has 45 heavy (non-hydrogen) atoms. The summed E-state index contributed by atoms with van der Waals surface area (Å²) in [5.41, 5.74) is -1.98. The summed E-state index contributed by atoms with van der Waals surface area (Å²) in [5.74, 6) is -5.49. The lowest BCUT2D eigenvalue weighted by atomic mass is 9.94. The zero-order valence-corrected chi connectivity index (χ0v) is 26.3. The number of hydrogen-bond acceptors (Lipinski definition) is 7. The van der Waals surface area contributed by atoms with Crippen molar-refractivity contribution in [1.29, 1.82) is 0 Å². The van der Waals surface area contributed by atoms with Crippen LogP contribution in [0, 0.1) is 11.7 Å². The number of anilines is 1. The number of nitrogens with zero attached hydrogens (tertiary/aromatic N) is 1. The number of esters is 1. The van der Waals surface area contributed by atoms with Gasteiger partial charge in [-0.15, -0.1) is 0 Å². The molecule has 248 valence electrons.